The number of carbonyl (C=O) groups is 1. The zero-order chi connectivity index (χ0) is 18.4. The van der Waals surface area contributed by atoms with E-state index in [1.165, 1.54) is 22.5 Å². The molecule has 1 atom stereocenters. The highest BCUT2D eigenvalue weighted by atomic mass is 32.1. The fourth-order valence-corrected chi connectivity index (χ4v) is 5.23. The van der Waals surface area contributed by atoms with Gasteiger partial charge in [0.05, 0.1) is 12.3 Å². The Labute approximate surface area is 163 Å². The van der Waals surface area contributed by atoms with Crippen molar-refractivity contribution in [2.24, 2.45) is 0 Å². The van der Waals surface area contributed by atoms with Crippen LogP contribution in [0.25, 0.3) is 0 Å². The molecule has 1 amide bonds. The van der Waals surface area contributed by atoms with Gasteiger partial charge in [-0.1, -0.05) is 23.5 Å². The topological polar surface area (TPSA) is 57.7 Å². The normalized spacial score (nSPS) is 20.6. The van der Waals surface area contributed by atoms with Gasteiger partial charge in [0.25, 0.3) is 5.91 Å². The van der Waals surface area contributed by atoms with Crippen LogP contribution < -0.4 is 15.0 Å². The number of hydrogen-bond donors (Lipinski definition) is 1. The van der Waals surface area contributed by atoms with Crippen LogP contribution in [0.1, 0.15) is 39.5 Å². The fourth-order valence-electron chi connectivity index (χ4n) is 4.15. The highest BCUT2D eigenvalue weighted by molar-refractivity contribution is 7.17. The molecule has 0 saturated carbocycles. The first-order valence-corrected chi connectivity index (χ1v) is 10.5. The Morgan fingerprint density at radius 2 is 2.07 bits per heavy atom. The molecule has 3 aliphatic rings. The second-order valence-corrected chi connectivity index (χ2v) is 8.42. The first-order valence-electron chi connectivity index (χ1n) is 9.71. The van der Waals surface area contributed by atoms with E-state index >= 15 is 0 Å². The van der Waals surface area contributed by atoms with Crippen molar-refractivity contribution in [2.75, 3.05) is 44.2 Å². The zero-order valence-corrected chi connectivity index (χ0v) is 16.3. The summed E-state index contributed by atoms with van der Waals surface area (Å²) >= 11 is 1.54. The highest BCUT2D eigenvalue weighted by Crippen LogP contribution is 2.33. The van der Waals surface area contributed by atoms with Gasteiger partial charge in [0, 0.05) is 51.6 Å². The fraction of sp³-hybridized carbons (Fsp3) is 0.500. The Morgan fingerprint density at radius 1 is 1.22 bits per heavy atom. The number of fused-ring (bicyclic) bond motifs is 2. The number of ether oxygens (including phenoxy) is 1. The summed E-state index contributed by atoms with van der Waals surface area (Å²) in [4.78, 5) is 22.4. The van der Waals surface area contributed by atoms with E-state index in [4.69, 9.17) is 9.72 Å². The summed E-state index contributed by atoms with van der Waals surface area (Å²) < 4.78 is 5.73. The molecule has 1 N–H and O–H groups in total. The Hall–Kier alpha value is -2.12. The van der Waals surface area contributed by atoms with Gasteiger partial charge in [-0.3, -0.25) is 9.69 Å². The van der Waals surface area contributed by atoms with Gasteiger partial charge in [0.15, 0.2) is 5.13 Å². The van der Waals surface area contributed by atoms with Crippen molar-refractivity contribution >= 4 is 22.4 Å². The monoisotopic (exact) mass is 384 g/mol. The van der Waals surface area contributed by atoms with Crippen molar-refractivity contribution in [1.82, 2.24) is 15.2 Å². The molecule has 0 spiro atoms. The number of thiazole rings is 1. The van der Waals surface area contributed by atoms with Gasteiger partial charge in [-0.25, -0.2) is 4.98 Å². The number of benzene rings is 1. The molecule has 0 aliphatic carbocycles. The van der Waals surface area contributed by atoms with Crippen molar-refractivity contribution in [1.29, 1.82) is 0 Å². The number of hydrogen-bond acceptors (Lipinski definition) is 6. The molecule has 5 rings (SSSR count). The molecule has 2 aromatic rings. The molecule has 1 unspecified atom stereocenters. The van der Waals surface area contributed by atoms with Gasteiger partial charge in [-0.05, 0) is 24.1 Å². The van der Waals surface area contributed by atoms with E-state index in [0.29, 0.717) is 12.6 Å². The molecule has 1 fully saturated rings. The van der Waals surface area contributed by atoms with Crippen LogP contribution in [0, 0.1) is 0 Å². The van der Waals surface area contributed by atoms with Crippen LogP contribution in [-0.2, 0) is 12.8 Å². The van der Waals surface area contributed by atoms with Crippen molar-refractivity contribution < 1.29 is 9.53 Å². The van der Waals surface area contributed by atoms with E-state index in [-0.39, 0.29) is 5.91 Å². The van der Waals surface area contributed by atoms with Crippen molar-refractivity contribution in [3.05, 3.63) is 39.9 Å². The van der Waals surface area contributed by atoms with Crippen molar-refractivity contribution in [3.8, 4) is 5.75 Å². The predicted octanol–water partition coefficient (Wildman–Crippen LogP) is 2.25. The minimum atomic E-state index is 0.0334. The quantitative estimate of drug-likeness (QED) is 0.880. The molecule has 7 heteroatoms. The Bertz CT molecular complexity index is 873. The summed E-state index contributed by atoms with van der Waals surface area (Å²) in [5.74, 6) is 1.09. The van der Waals surface area contributed by atoms with Crippen LogP contribution in [-0.4, -0.2) is 55.1 Å². The van der Waals surface area contributed by atoms with E-state index in [1.54, 1.807) is 0 Å². The molecule has 4 heterocycles. The van der Waals surface area contributed by atoms with E-state index < -0.39 is 0 Å². The lowest BCUT2D eigenvalue weighted by molar-refractivity contribution is 0.0950. The molecular weight excluding hydrogens is 360 g/mol. The maximum Gasteiger partial charge on any atom is 0.263 e. The molecule has 27 heavy (non-hydrogen) atoms. The van der Waals surface area contributed by atoms with Gasteiger partial charge in [-0.15, -0.1) is 0 Å². The van der Waals surface area contributed by atoms with Crippen LogP contribution in [0.15, 0.2) is 18.2 Å². The van der Waals surface area contributed by atoms with Crippen LogP contribution in [0.3, 0.4) is 0 Å². The van der Waals surface area contributed by atoms with Gasteiger partial charge in [0.1, 0.15) is 10.6 Å². The number of nitrogens with one attached hydrogen (secondary N) is 1. The Kier molecular flexibility index (Phi) is 4.28. The molecule has 1 aromatic carbocycles. The summed E-state index contributed by atoms with van der Waals surface area (Å²) in [6.07, 6.45) is 1.87. The number of piperazine rings is 1. The number of anilines is 1. The number of aromatic nitrogens is 1. The van der Waals surface area contributed by atoms with E-state index in [1.807, 2.05) is 0 Å². The SMILES string of the molecule is CC(c1ccc2c(c1)OCC2)N1CCN(c2nc3c(s2)C(=O)NCC3)CC1. The van der Waals surface area contributed by atoms with E-state index in [2.05, 4.69) is 40.2 Å². The van der Waals surface area contributed by atoms with E-state index in [0.717, 1.165) is 67.1 Å². The summed E-state index contributed by atoms with van der Waals surface area (Å²) in [7, 11) is 0. The van der Waals surface area contributed by atoms with Crippen molar-refractivity contribution in [3.63, 3.8) is 0 Å². The molecule has 1 aromatic heterocycles. The maximum atomic E-state index is 12.0. The molecule has 1 saturated heterocycles. The largest absolute Gasteiger partial charge is 0.493 e. The first-order chi connectivity index (χ1) is 13.2. The van der Waals surface area contributed by atoms with Crippen LogP contribution in [0.2, 0.25) is 0 Å². The average molecular weight is 385 g/mol. The average Bonchev–Trinajstić information content (AvgIpc) is 3.34. The van der Waals surface area contributed by atoms with Gasteiger partial charge in [-0.2, -0.15) is 0 Å². The third-order valence-corrected chi connectivity index (χ3v) is 7.03. The third kappa shape index (κ3) is 3.08. The van der Waals surface area contributed by atoms with Gasteiger partial charge < -0.3 is 15.0 Å². The van der Waals surface area contributed by atoms with Crippen LogP contribution in [0.5, 0.6) is 5.75 Å². The Balaban J connectivity index is 1.26. The second-order valence-electron chi connectivity index (χ2n) is 7.44. The van der Waals surface area contributed by atoms with Gasteiger partial charge in [0.2, 0.25) is 0 Å². The number of nitrogens with zero attached hydrogens (tertiary/aromatic N) is 3. The number of carbonyl (C=O) groups excluding carboxylic acids is 1. The minimum Gasteiger partial charge on any atom is -0.493 e. The smallest absolute Gasteiger partial charge is 0.263 e. The first kappa shape index (κ1) is 17.0. The number of amides is 1. The lowest BCUT2D eigenvalue weighted by Crippen LogP contribution is -2.47. The summed E-state index contributed by atoms with van der Waals surface area (Å²) in [6, 6.07) is 7.05. The molecule has 3 aliphatic heterocycles. The van der Waals surface area contributed by atoms with Crippen molar-refractivity contribution in [2.45, 2.75) is 25.8 Å². The summed E-state index contributed by atoms with van der Waals surface area (Å²) in [5.41, 5.74) is 3.62. The summed E-state index contributed by atoms with van der Waals surface area (Å²) in [5, 5.41) is 3.90. The lowest BCUT2D eigenvalue weighted by atomic mass is 10.0. The summed E-state index contributed by atoms with van der Waals surface area (Å²) in [6.45, 7) is 7.66. The molecular formula is C20H24N4O2S. The van der Waals surface area contributed by atoms with Crippen LogP contribution >= 0.6 is 11.3 Å². The highest BCUT2D eigenvalue weighted by Gasteiger charge is 2.28. The minimum absolute atomic E-state index is 0.0334. The number of rotatable bonds is 3. The second kappa shape index (κ2) is 6.80. The predicted molar refractivity (Wildman–Crippen MR) is 106 cm³/mol. The molecule has 142 valence electrons. The van der Waals surface area contributed by atoms with Crippen LogP contribution in [0.4, 0.5) is 5.13 Å². The molecule has 0 radical (unpaired) electrons. The lowest BCUT2D eigenvalue weighted by Gasteiger charge is -2.38. The van der Waals surface area contributed by atoms with E-state index in [9.17, 15) is 4.79 Å². The molecule has 0 bridgehead atoms. The Morgan fingerprint density at radius 3 is 2.89 bits per heavy atom. The standard InChI is InChI=1S/C20H24N4O2S/c1-13(15-3-2-14-5-11-26-17(14)12-15)23-7-9-24(10-8-23)20-22-16-4-6-21-19(25)18(16)27-20/h2-3,12-13H,4-11H2,1H3,(H,21,25). The van der Waals surface area contributed by atoms with Gasteiger partial charge >= 0.3 is 0 Å². The molecule has 6 nitrogen and oxygen atoms in total. The zero-order valence-electron chi connectivity index (χ0n) is 15.5. The maximum absolute atomic E-state index is 12.0. The third-order valence-electron chi connectivity index (χ3n) is 5.87.